The molecule has 244 valence electrons. The Balaban J connectivity index is 0.952. The van der Waals surface area contributed by atoms with Gasteiger partial charge in [-0.3, -0.25) is 9.59 Å². The summed E-state index contributed by atoms with van der Waals surface area (Å²) in [6.07, 6.45) is -0.561. The van der Waals surface area contributed by atoms with Crippen LogP contribution in [0.2, 0.25) is 0 Å². The van der Waals surface area contributed by atoms with E-state index in [2.05, 4.69) is 39.1 Å². The van der Waals surface area contributed by atoms with Crippen LogP contribution in [-0.2, 0) is 30.2 Å². The minimum atomic E-state index is -4.83. The molecule has 3 aliphatic rings. The van der Waals surface area contributed by atoms with Gasteiger partial charge in [-0.25, -0.2) is 4.98 Å². The predicted octanol–water partition coefficient (Wildman–Crippen LogP) is 5.96. The lowest BCUT2D eigenvalue weighted by atomic mass is 9.90. The number of anilines is 2. The van der Waals surface area contributed by atoms with Gasteiger partial charge in [0.05, 0.1) is 0 Å². The number of hydrogen-bond donors (Lipinski definition) is 0. The average molecular weight is 644 g/mol. The van der Waals surface area contributed by atoms with E-state index in [0.717, 1.165) is 25.7 Å². The highest BCUT2D eigenvalue weighted by Gasteiger charge is 2.42. The second-order valence-electron chi connectivity index (χ2n) is 12.7. The number of piperazine rings is 1. The molecular weight excluding hydrogens is 607 g/mol. The van der Waals surface area contributed by atoms with Crippen LogP contribution >= 0.6 is 0 Å². The van der Waals surface area contributed by atoms with Crippen molar-refractivity contribution in [2.24, 2.45) is 5.92 Å². The Morgan fingerprint density at radius 1 is 0.809 bits per heavy atom. The first kappa shape index (κ1) is 31.0. The Labute approximate surface area is 271 Å². The zero-order chi connectivity index (χ0) is 32.5. The van der Waals surface area contributed by atoms with Gasteiger partial charge < -0.3 is 19.1 Å². The van der Waals surface area contributed by atoms with Crippen LogP contribution in [0.25, 0.3) is 0 Å². The summed E-state index contributed by atoms with van der Waals surface area (Å²) >= 11 is 0. The third-order valence-electron chi connectivity index (χ3n) is 9.66. The summed E-state index contributed by atoms with van der Waals surface area (Å²) < 4.78 is 47.4. The highest BCUT2D eigenvalue weighted by Crippen LogP contribution is 2.37. The molecule has 0 unspecified atom stereocenters. The Morgan fingerprint density at radius 3 is 2.09 bits per heavy atom. The van der Waals surface area contributed by atoms with E-state index in [1.807, 2.05) is 35.2 Å². The number of oxazole rings is 1. The van der Waals surface area contributed by atoms with Crippen molar-refractivity contribution in [1.29, 1.82) is 0 Å². The Bertz CT molecular complexity index is 1700. The molecule has 47 heavy (non-hydrogen) atoms. The summed E-state index contributed by atoms with van der Waals surface area (Å²) in [6.45, 7) is 3.38. The van der Waals surface area contributed by atoms with Crippen molar-refractivity contribution in [1.82, 2.24) is 14.9 Å². The van der Waals surface area contributed by atoms with Crippen LogP contribution in [0.1, 0.15) is 57.3 Å². The van der Waals surface area contributed by atoms with Crippen LogP contribution in [0.15, 0.2) is 77.3 Å². The van der Waals surface area contributed by atoms with Gasteiger partial charge in [-0.15, -0.1) is 0 Å². The van der Waals surface area contributed by atoms with E-state index in [4.69, 9.17) is 4.42 Å². The van der Waals surface area contributed by atoms with Crippen LogP contribution < -0.4 is 9.80 Å². The molecule has 2 fully saturated rings. The molecule has 8 nitrogen and oxygen atoms in total. The number of nitrogens with zero attached hydrogens (tertiary/aromatic N) is 5. The number of carbonyl (C=O) groups excluding carboxylic acids is 2. The fourth-order valence-corrected chi connectivity index (χ4v) is 7.08. The summed E-state index contributed by atoms with van der Waals surface area (Å²) in [5, 5.41) is 0. The molecule has 0 bridgehead atoms. The van der Waals surface area contributed by atoms with Crippen LogP contribution in [0.4, 0.5) is 25.0 Å². The molecule has 1 amide bonds. The number of alkyl halides is 3. The number of hydrogen-bond acceptors (Lipinski definition) is 7. The van der Waals surface area contributed by atoms with E-state index in [9.17, 15) is 22.8 Å². The zero-order valence-corrected chi connectivity index (χ0v) is 26.0. The Kier molecular flexibility index (Phi) is 8.46. The number of fused-ring (bicyclic) bond motifs is 1. The smallest absolute Gasteiger partial charge is 0.420 e. The second kappa shape index (κ2) is 12.8. The summed E-state index contributed by atoms with van der Waals surface area (Å²) in [6, 6.07) is 21.5. The molecule has 2 saturated heterocycles. The minimum Gasteiger partial charge on any atom is -0.420 e. The zero-order valence-electron chi connectivity index (χ0n) is 26.0. The lowest BCUT2D eigenvalue weighted by Crippen LogP contribution is -2.50. The number of ketones is 1. The summed E-state index contributed by atoms with van der Waals surface area (Å²) in [5.74, 6) is -0.396. The molecule has 4 aromatic rings. The molecule has 2 aliphatic heterocycles. The number of pyridine rings is 1. The van der Waals surface area contributed by atoms with Crippen molar-refractivity contribution in [3.63, 3.8) is 0 Å². The fraction of sp³-hybridized carbons (Fsp3) is 0.389. The molecule has 7 rings (SSSR count). The van der Waals surface area contributed by atoms with Gasteiger partial charge in [0, 0.05) is 57.8 Å². The van der Waals surface area contributed by atoms with Crippen molar-refractivity contribution in [3.8, 4) is 0 Å². The van der Waals surface area contributed by atoms with Gasteiger partial charge in [-0.2, -0.15) is 18.2 Å². The first-order valence-electron chi connectivity index (χ1n) is 16.2. The van der Waals surface area contributed by atoms with E-state index in [1.54, 1.807) is 17.0 Å². The third kappa shape index (κ3) is 6.61. The number of carbonyl (C=O) groups is 2. The fourth-order valence-electron chi connectivity index (χ4n) is 7.08. The Hall–Kier alpha value is -4.67. The minimum absolute atomic E-state index is 0.0148. The second-order valence-corrected chi connectivity index (χ2v) is 12.7. The van der Waals surface area contributed by atoms with Gasteiger partial charge in [0.25, 0.3) is 6.01 Å². The largest absolute Gasteiger partial charge is 0.437 e. The van der Waals surface area contributed by atoms with Crippen LogP contribution in [0.5, 0.6) is 0 Å². The molecule has 0 radical (unpaired) electrons. The number of rotatable bonds is 7. The van der Waals surface area contributed by atoms with Crippen LogP contribution in [0.3, 0.4) is 0 Å². The highest BCUT2D eigenvalue weighted by molar-refractivity contribution is 5.96. The molecule has 0 N–H and O–H groups in total. The summed E-state index contributed by atoms with van der Waals surface area (Å²) in [5.41, 5.74) is 2.90. The monoisotopic (exact) mass is 643 g/mol. The van der Waals surface area contributed by atoms with Crippen molar-refractivity contribution in [3.05, 3.63) is 107 Å². The van der Waals surface area contributed by atoms with E-state index < -0.39 is 23.4 Å². The first-order chi connectivity index (χ1) is 22.7. The third-order valence-corrected chi connectivity index (χ3v) is 9.66. The van der Waals surface area contributed by atoms with Crippen LogP contribution in [-0.4, -0.2) is 65.8 Å². The molecule has 2 aromatic carbocycles. The lowest BCUT2D eigenvalue weighted by Gasteiger charge is -2.36. The maximum absolute atomic E-state index is 14.0. The van der Waals surface area contributed by atoms with Gasteiger partial charge in [0.1, 0.15) is 5.82 Å². The summed E-state index contributed by atoms with van der Waals surface area (Å²) in [7, 11) is 0. The van der Waals surface area contributed by atoms with Crippen LogP contribution in [0, 0.1) is 5.92 Å². The molecule has 0 atom stereocenters. The highest BCUT2D eigenvalue weighted by atomic mass is 19.4. The number of Topliss-reactive ketones (excluding diaryl/α,β-unsaturated/α-hetero) is 1. The standard InChI is InChI=1S/C36H36F3N5O3/c37-36(38,39)33-32(47-35(41-33)44-14-12-26(13-15-44)25-6-2-1-3-7-25)30(45)20-24-10-11-31(40-23-24)42-16-18-43(19-17-42)34(46)29-21-27-8-4-5-9-28(27)22-29/h1-11,23,26,29H,12-22H2. The van der Waals surface area contributed by atoms with Gasteiger partial charge >= 0.3 is 6.18 Å². The quantitative estimate of drug-likeness (QED) is 0.230. The van der Waals surface area contributed by atoms with Gasteiger partial charge in [0.2, 0.25) is 17.5 Å². The normalized spacial score (nSPS) is 17.6. The first-order valence-corrected chi connectivity index (χ1v) is 16.2. The molecule has 0 spiro atoms. The van der Waals surface area contributed by atoms with Crippen molar-refractivity contribution in [2.45, 2.75) is 44.2 Å². The lowest BCUT2D eigenvalue weighted by molar-refractivity contribution is -0.141. The van der Waals surface area contributed by atoms with Crippen molar-refractivity contribution >= 4 is 23.5 Å². The van der Waals surface area contributed by atoms with E-state index in [0.29, 0.717) is 56.6 Å². The van der Waals surface area contributed by atoms with Crippen molar-refractivity contribution < 1.29 is 27.2 Å². The molecular formula is C36H36F3N5O3. The van der Waals surface area contributed by atoms with Gasteiger partial charge in [0.15, 0.2) is 5.69 Å². The number of benzene rings is 2. The van der Waals surface area contributed by atoms with E-state index in [1.165, 1.54) is 22.9 Å². The summed E-state index contributed by atoms with van der Waals surface area (Å²) in [4.78, 5) is 40.3. The van der Waals surface area contributed by atoms with Crippen molar-refractivity contribution in [2.75, 3.05) is 49.1 Å². The van der Waals surface area contributed by atoms with Gasteiger partial charge in [-0.05, 0) is 59.9 Å². The number of piperidine rings is 1. The molecule has 0 saturated carbocycles. The molecule has 11 heteroatoms. The maximum atomic E-state index is 14.0. The molecule has 4 heterocycles. The van der Waals surface area contributed by atoms with Gasteiger partial charge in [-0.1, -0.05) is 60.7 Å². The molecule has 1 aliphatic carbocycles. The van der Waals surface area contributed by atoms with E-state index in [-0.39, 0.29) is 24.3 Å². The number of aromatic nitrogens is 2. The SMILES string of the molecule is O=C(Cc1ccc(N2CCN(C(=O)C3Cc4ccccc4C3)CC2)nc1)c1oc(N2CCC(c3ccccc3)CC2)nc1C(F)(F)F. The van der Waals surface area contributed by atoms with E-state index >= 15 is 0 Å². The predicted molar refractivity (Wildman–Crippen MR) is 171 cm³/mol. The number of amides is 1. The molecule has 2 aromatic heterocycles. The average Bonchev–Trinajstić information content (AvgIpc) is 3.75. The topological polar surface area (TPSA) is 82.8 Å². The maximum Gasteiger partial charge on any atom is 0.437 e. The Morgan fingerprint density at radius 2 is 1.47 bits per heavy atom. The number of halogens is 3.